The molecule has 410 valence electrons. The average Bonchev–Trinajstić information content (AvgIpc) is 3.39. The van der Waals surface area contributed by atoms with Crippen molar-refractivity contribution in [2.24, 2.45) is 0 Å². The highest BCUT2D eigenvalue weighted by Gasteiger charge is 2.19. The monoisotopic (exact) mass is 1010 g/mol. The number of unbranched alkanes of at least 4 members (excludes halogenated alkanes) is 16. The Morgan fingerprint density at radius 2 is 0.534 bits per heavy atom. The molecule has 0 radical (unpaired) electrons. The Morgan fingerprint density at radius 1 is 0.288 bits per heavy atom. The second-order valence-corrected chi connectivity index (χ2v) is 18.8. The van der Waals surface area contributed by atoms with Crippen LogP contribution in [0.5, 0.6) is 0 Å². The van der Waals surface area contributed by atoms with Crippen LogP contribution in [0, 0.1) is 0 Å². The first kappa shape index (κ1) is 68.3. The molecule has 0 aliphatic heterocycles. The first-order chi connectivity index (χ1) is 36.0. The van der Waals surface area contributed by atoms with E-state index < -0.39 is 6.10 Å². The van der Waals surface area contributed by atoms with Gasteiger partial charge in [-0.25, -0.2) is 0 Å². The molecule has 6 nitrogen and oxygen atoms in total. The topological polar surface area (TPSA) is 78.9 Å². The van der Waals surface area contributed by atoms with Crippen molar-refractivity contribution < 1.29 is 28.6 Å². The maximum atomic E-state index is 12.7. The standard InChI is InChI=1S/C67H106O6/c1-4-7-10-13-16-19-22-23-24-25-26-27-28-29-30-31-32-33-34-35-36-37-38-39-40-41-42-43-44-45-46-49-51-54-57-60-66(69)72-63-64(73-67(70)61-58-55-52-48-21-18-15-12-9-6-3)62-71-65(68)59-56-53-50-47-20-17-14-11-8-5-2/h7,10-12,14-16,19,23-24,26-27,29-30,32-33,35-36,38-39,41-42,44-45,64H,4-6,8-9,13,17-18,20-22,25,28,31,34,37,40,43,46-63H2,1-3H3/b10-7-,14-11-,15-12-,19-16-,24-23-,27-26-,30-29-,33-32-,36-35-,39-38-,42-41-,45-44-. The summed E-state index contributed by atoms with van der Waals surface area (Å²) in [5, 5.41) is 0. The summed E-state index contributed by atoms with van der Waals surface area (Å²) in [6, 6.07) is 0. The lowest BCUT2D eigenvalue weighted by Crippen LogP contribution is -2.30. The zero-order valence-electron chi connectivity index (χ0n) is 46.8. The molecular weight excluding hydrogens is 901 g/mol. The van der Waals surface area contributed by atoms with Gasteiger partial charge in [-0.2, -0.15) is 0 Å². The number of hydrogen-bond donors (Lipinski definition) is 0. The SMILES string of the molecule is CC/C=C\C/C=C\C/C=C\C/C=C\C/C=C\C/C=C\C/C=C\C/C=C\C/C=C\C/C=C\CCCCCCC(=O)OCC(COC(=O)CCCCCCC/C=C\CCC)OC(=O)CCCCCCC/C=C\CCC. The zero-order valence-corrected chi connectivity index (χ0v) is 46.8. The lowest BCUT2D eigenvalue weighted by molar-refractivity contribution is -0.167. The Kier molecular flexibility index (Phi) is 56.0. The number of carbonyl (C=O) groups excluding carboxylic acids is 3. The van der Waals surface area contributed by atoms with Crippen LogP contribution in [-0.4, -0.2) is 37.2 Å². The molecule has 0 fully saturated rings. The minimum absolute atomic E-state index is 0.0982. The first-order valence-corrected chi connectivity index (χ1v) is 29.3. The average molecular weight is 1010 g/mol. The third kappa shape index (κ3) is 58.1. The summed E-state index contributed by atoms with van der Waals surface area (Å²) >= 11 is 0. The maximum absolute atomic E-state index is 12.7. The van der Waals surface area contributed by atoms with Crippen LogP contribution in [0.2, 0.25) is 0 Å². The van der Waals surface area contributed by atoms with E-state index in [0.717, 1.165) is 173 Å². The van der Waals surface area contributed by atoms with E-state index in [0.29, 0.717) is 19.3 Å². The van der Waals surface area contributed by atoms with E-state index >= 15 is 0 Å². The summed E-state index contributed by atoms with van der Waals surface area (Å²) < 4.78 is 16.7. The largest absolute Gasteiger partial charge is 0.462 e. The number of rotatable bonds is 51. The van der Waals surface area contributed by atoms with Crippen LogP contribution in [0.3, 0.4) is 0 Å². The normalized spacial score (nSPS) is 13.2. The minimum atomic E-state index is -0.799. The predicted octanol–water partition coefficient (Wildman–Crippen LogP) is 20.0. The fourth-order valence-electron chi connectivity index (χ4n) is 7.41. The van der Waals surface area contributed by atoms with E-state index in [1.807, 2.05) is 0 Å². The van der Waals surface area contributed by atoms with E-state index in [1.165, 1.54) is 25.7 Å². The van der Waals surface area contributed by atoms with Crippen LogP contribution in [0.1, 0.15) is 239 Å². The molecule has 0 aromatic rings. The molecule has 0 spiro atoms. The number of hydrogen-bond acceptors (Lipinski definition) is 6. The summed E-state index contributed by atoms with van der Waals surface area (Å²) in [5.74, 6) is -0.955. The van der Waals surface area contributed by atoms with Gasteiger partial charge in [0.05, 0.1) is 0 Å². The summed E-state index contributed by atoms with van der Waals surface area (Å²) in [5.41, 5.74) is 0. The van der Waals surface area contributed by atoms with Crippen LogP contribution in [0.15, 0.2) is 146 Å². The van der Waals surface area contributed by atoms with Gasteiger partial charge in [0, 0.05) is 19.3 Å². The van der Waals surface area contributed by atoms with Crippen molar-refractivity contribution >= 4 is 17.9 Å². The van der Waals surface area contributed by atoms with Crippen molar-refractivity contribution in [3.05, 3.63) is 146 Å². The highest BCUT2D eigenvalue weighted by Crippen LogP contribution is 2.13. The van der Waals surface area contributed by atoms with Gasteiger partial charge >= 0.3 is 17.9 Å². The fourth-order valence-corrected chi connectivity index (χ4v) is 7.41. The van der Waals surface area contributed by atoms with Crippen molar-refractivity contribution in [2.75, 3.05) is 13.2 Å². The van der Waals surface area contributed by atoms with E-state index in [-0.39, 0.29) is 31.1 Å². The molecule has 6 heteroatoms. The third-order valence-corrected chi connectivity index (χ3v) is 11.8. The van der Waals surface area contributed by atoms with Gasteiger partial charge in [0.1, 0.15) is 13.2 Å². The molecule has 0 aliphatic rings. The Labute approximate surface area is 448 Å². The van der Waals surface area contributed by atoms with Gasteiger partial charge in [0.2, 0.25) is 0 Å². The van der Waals surface area contributed by atoms with E-state index in [9.17, 15) is 14.4 Å². The lowest BCUT2D eigenvalue weighted by Gasteiger charge is -2.18. The molecule has 0 saturated heterocycles. The summed E-state index contributed by atoms with van der Waals surface area (Å²) in [6.45, 7) is 6.34. The molecular formula is C67H106O6. The van der Waals surface area contributed by atoms with Crippen LogP contribution < -0.4 is 0 Å². The molecule has 0 aromatic carbocycles. The van der Waals surface area contributed by atoms with Crippen LogP contribution in [0.4, 0.5) is 0 Å². The quantitative estimate of drug-likeness (QED) is 0.0261. The van der Waals surface area contributed by atoms with Crippen molar-refractivity contribution in [1.82, 2.24) is 0 Å². The second-order valence-electron chi connectivity index (χ2n) is 18.8. The van der Waals surface area contributed by atoms with Crippen molar-refractivity contribution in [2.45, 2.75) is 245 Å². The number of carbonyl (C=O) groups is 3. The highest BCUT2D eigenvalue weighted by atomic mass is 16.6. The summed E-state index contributed by atoms with van der Waals surface area (Å²) in [4.78, 5) is 37.9. The van der Waals surface area contributed by atoms with Gasteiger partial charge in [-0.05, 0) is 135 Å². The molecule has 0 heterocycles. The summed E-state index contributed by atoms with van der Waals surface area (Å²) in [7, 11) is 0. The molecule has 0 aliphatic carbocycles. The van der Waals surface area contributed by atoms with Crippen LogP contribution >= 0.6 is 0 Å². The van der Waals surface area contributed by atoms with Crippen LogP contribution in [-0.2, 0) is 28.6 Å². The van der Waals surface area contributed by atoms with E-state index in [1.54, 1.807) is 0 Å². The van der Waals surface area contributed by atoms with E-state index in [2.05, 4.69) is 167 Å². The lowest BCUT2D eigenvalue weighted by atomic mass is 10.1. The van der Waals surface area contributed by atoms with Gasteiger partial charge in [-0.1, -0.05) is 231 Å². The number of allylic oxidation sites excluding steroid dienone is 24. The van der Waals surface area contributed by atoms with Crippen LogP contribution in [0.25, 0.3) is 0 Å². The first-order valence-electron chi connectivity index (χ1n) is 29.3. The van der Waals surface area contributed by atoms with Crippen molar-refractivity contribution in [3.8, 4) is 0 Å². The number of esters is 3. The zero-order chi connectivity index (χ0) is 52.9. The maximum Gasteiger partial charge on any atom is 0.306 e. The predicted molar refractivity (Wildman–Crippen MR) is 315 cm³/mol. The summed E-state index contributed by atoms with van der Waals surface area (Å²) in [6.07, 6.45) is 85.8. The Bertz CT molecular complexity index is 1630. The third-order valence-electron chi connectivity index (χ3n) is 11.8. The highest BCUT2D eigenvalue weighted by molar-refractivity contribution is 5.71. The number of ether oxygens (including phenoxy) is 3. The molecule has 0 aromatic heterocycles. The Hall–Kier alpha value is -4.71. The second kappa shape index (κ2) is 59.8. The van der Waals surface area contributed by atoms with Gasteiger partial charge in [-0.3, -0.25) is 14.4 Å². The molecule has 1 unspecified atom stereocenters. The smallest absolute Gasteiger partial charge is 0.306 e. The molecule has 0 bridgehead atoms. The van der Waals surface area contributed by atoms with Crippen molar-refractivity contribution in [3.63, 3.8) is 0 Å². The molecule has 0 N–H and O–H groups in total. The molecule has 73 heavy (non-hydrogen) atoms. The van der Waals surface area contributed by atoms with Gasteiger partial charge in [0.15, 0.2) is 6.10 Å². The Morgan fingerprint density at radius 3 is 0.849 bits per heavy atom. The van der Waals surface area contributed by atoms with E-state index in [4.69, 9.17) is 14.2 Å². The van der Waals surface area contributed by atoms with Gasteiger partial charge in [-0.15, -0.1) is 0 Å². The van der Waals surface area contributed by atoms with Gasteiger partial charge in [0.25, 0.3) is 0 Å². The van der Waals surface area contributed by atoms with Gasteiger partial charge < -0.3 is 14.2 Å². The van der Waals surface area contributed by atoms with Crippen molar-refractivity contribution in [1.29, 1.82) is 0 Å². The molecule has 1 atom stereocenters. The molecule has 0 amide bonds. The molecule has 0 rings (SSSR count). The molecule has 0 saturated carbocycles. The Balaban J connectivity index is 4.21. The minimum Gasteiger partial charge on any atom is -0.462 e. The fraction of sp³-hybridized carbons (Fsp3) is 0.597.